The molecular weight excluding hydrogens is 380 g/mol. The van der Waals surface area contributed by atoms with Crippen LogP contribution in [0.4, 0.5) is 14.9 Å². The second kappa shape index (κ2) is 5.56. The van der Waals surface area contributed by atoms with E-state index in [1.54, 1.807) is 32.1 Å². The zero-order valence-corrected chi connectivity index (χ0v) is 15.3. The molecule has 0 aromatic heterocycles. The molecule has 0 radical (unpaired) electrons. The van der Waals surface area contributed by atoms with Gasteiger partial charge in [0.2, 0.25) is 0 Å². The minimum atomic E-state index is -0.967. The smallest absolute Gasteiger partial charge is 0.422 e. The normalized spacial score (nSPS) is 19.0. The summed E-state index contributed by atoms with van der Waals surface area (Å²) in [6.45, 7) is 3.44. The van der Waals surface area contributed by atoms with E-state index in [1.807, 2.05) is 0 Å². The van der Waals surface area contributed by atoms with Gasteiger partial charge >= 0.3 is 6.09 Å². The second-order valence-electron chi connectivity index (χ2n) is 6.57. The number of halogens is 3. The average Bonchev–Trinajstić information content (AvgIpc) is 2.81. The Balaban J connectivity index is 1.96. The quantitative estimate of drug-likeness (QED) is 0.610. The van der Waals surface area contributed by atoms with Gasteiger partial charge in [0.05, 0.1) is 16.3 Å². The third-order valence-electron chi connectivity index (χ3n) is 4.46. The van der Waals surface area contributed by atoms with Crippen molar-refractivity contribution in [2.75, 3.05) is 4.90 Å². The van der Waals surface area contributed by atoms with Crippen LogP contribution in [0.2, 0.25) is 10.0 Å². The van der Waals surface area contributed by atoms with E-state index in [4.69, 9.17) is 27.9 Å². The van der Waals surface area contributed by atoms with Gasteiger partial charge in [-0.15, -0.1) is 0 Å². The number of nitrogens with zero attached hydrogens (tertiary/aromatic N) is 1. The fourth-order valence-electron chi connectivity index (χ4n) is 3.32. The molecule has 2 aromatic rings. The molecule has 0 spiro atoms. The van der Waals surface area contributed by atoms with Crippen LogP contribution in [0, 0.1) is 5.82 Å². The highest BCUT2D eigenvalue weighted by atomic mass is 35.5. The van der Waals surface area contributed by atoms with E-state index in [2.05, 4.69) is 0 Å². The van der Waals surface area contributed by atoms with Gasteiger partial charge in [0.15, 0.2) is 0 Å². The number of anilines is 1. The number of cyclic esters (lactones) is 1. The Morgan fingerprint density at radius 2 is 1.85 bits per heavy atom. The van der Waals surface area contributed by atoms with Crippen LogP contribution < -0.4 is 4.90 Å². The van der Waals surface area contributed by atoms with E-state index in [0.29, 0.717) is 27.4 Å². The Morgan fingerprint density at radius 3 is 2.54 bits per heavy atom. The van der Waals surface area contributed by atoms with Gasteiger partial charge in [0.1, 0.15) is 11.4 Å². The standard InChI is InChI=1S/C19H12Cl2FNO3/c1-19(2)15-12(20)5-4-10-11(7-9-3-6-14(22)13(21)8-9)17(24)23(16(10)15)18(25)26-19/h3-8H,1-2H3. The molecule has 7 heteroatoms. The van der Waals surface area contributed by atoms with Gasteiger partial charge in [-0.3, -0.25) is 4.79 Å². The van der Waals surface area contributed by atoms with E-state index in [-0.39, 0.29) is 10.6 Å². The van der Waals surface area contributed by atoms with Gasteiger partial charge in [-0.25, -0.2) is 14.1 Å². The van der Waals surface area contributed by atoms with E-state index in [0.717, 1.165) is 4.90 Å². The van der Waals surface area contributed by atoms with Gasteiger partial charge in [-0.2, -0.15) is 0 Å². The Labute approximate surface area is 158 Å². The third-order valence-corrected chi connectivity index (χ3v) is 5.06. The molecule has 0 unspecified atom stereocenters. The summed E-state index contributed by atoms with van der Waals surface area (Å²) in [5.41, 5.74) is 1.43. The first-order chi connectivity index (χ1) is 12.2. The van der Waals surface area contributed by atoms with Crippen LogP contribution >= 0.6 is 23.2 Å². The first kappa shape index (κ1) is 17.1. The molecule has 0 atom stereocenters. The molecule has 2 aliphatic heterocycles. The number of carbonyl (C=O) groups excluding carboxylic acids is 2. The van der Waals surface area contributed by atoms with Crippen molar-refractivity contribution < 1.29 is 18.7 Å². The van der Waals surface area contributed by atoms with Crippen LogP contribution in [0.25, 0.3) is 11.6 Å². The van der Waals surface area contributed by atoms with Crippen molar-refractivity contribution in [2.24, 2.45) is 0 Å². The van der Waals surface area contributed by atoms with Crippen LogP contribution in [0.5, 0.6) is 0 Å². The number of carbonyl (C=O) groups is 2. The second-order valence-corrected chi connectivity index (χ2v) is 7.38. The summed E-state index contributed by atoms with van der Waals surface area (Å²) >= 11 is 12.1. The lowest BCUT2D eigenvalue weighted by atomic mass is 9.91. The monoisotopic (exact) mass is 391 g/mol. The van der Waals surface area contributed by atoms with Crippen molar-refractivity contribution in [3.63, 3.8) is 0 Å². The van der Waals surface area contributed by atoms with Crippen molar-refractivity contribution in [3.05, 3.63) is 62.9 Å². The van der Waals surface area contributed by atoms with Crippen molar-refractivity contribution in [1.82, 2.24) is 0 Å². The molecule has 4 nitrogen and oxygen atoms in total. The Morgan fingerprint density at radius 1 is 1.12 bits per heavy atom. The van der Waals surface area contributed by atoms with E-state index >= 15 is 0 Å². The van der Waals surface area contributed by atoms with Crippen LogP contribution in [0.3, 0.4) is 0 Å². The SMILES string of the molecule is CC1(C)OC(=O)N2C(=O)C(=Cc3ccc(F)c(Cl)c3)c3ccc(Cl)c1c32. The molecule has 132 valence electrons. The fourth-order valence-corrected chi connectivity index (χ4v) is 3.89. The molecule has 0 bridgehead atoms. The van der Waals surface area contributed by atoms with Gasteiger partial charge in [0, 0.05) is 16.1 Å². The van der Waals surface area contributed by atoms with Crippen LogP contribution in [0.15, 0.2) is 30.3 Å². The lowest BCUT2D eigenvalue weighted by Crippen LogP contribution is -2.44. The minimum Gasteiger partial charge on any atom is -0.438 e. The largest absolute Gasteiger partial charge is 0.438 e. The highest BCUT2D eigenvalue weighted by molar-refractivity contribution is 6.43. The first-order valence-electron chi connectivity index (χ1n) is 7.78. The highest BCUT2D eigenvalue weighted by Crippen LogP contribution is 2.50. The molecule has 26 heavy (non-hydrogen) atoms. The molecule has 2 amide bonds. The maximum Gasteiger partial charge on any atom is 0.422 e. The van der Waals surface area contributed by atoms with Gasteiger partial charge < -0.3 is 4.74 Å². The summed E-state index contributed by atoms with van der Waals surface area (Å²) in [5, 5.41) is 0.355. The lowest BCUT2D eigenvalue weighted by molar-refractivity contribution is -0.113. The minimum absolute atomic E-state index is 0.0523. The number of hydrogen-bond donors (Lipinski definition) is 0. The average molecular weight is 392 g/mol. The topological polar surface area (TPSA) is 46.6 Å². The molecular formula is C19H12Cl2FNO3. The number of benzene rings is 2. The molecule has 4 rings (SSSR count). The molecule has 2 aliphatic rings. The molecule has 2 aromatic carbocycles. The first-order valence-corrected chi connectivity index (χ1v) is 8.54. The predicted molar refractivity (Wildman–Crippen MR) is 97.7 cm³/mol. The maximum absolute atomic E-state index is 13.4. The molecule has 0 fully saturated rings. The molecule has 2 heterocycles. The zero-order chi connectivity index (χ0) is 18.8. The Bertz CT molecular complexity index is 1030. The Hall–Kier alpha value is -2.37. The van der Waals surface area contributed by atoms with Crippen molar-refractivity contribution in [3.8, 4) is 0 Å². The van der Waals surface area contributed by atoms with Crippen LogP contribution in [0.1, 0.15) is 30.5 Å². The van der Waals surface area contributed by atoms with Crippen LogP contribution in [-0.4, -0.2) is 12.0 Å². The van der Waals surface area contributed by atoms with Crippen LogP contribution in [-0.2, 0) is 15.1 Å². The summed E-state index contributed by atoms with van der Waals surface area (Å²) in [4.78, 5) is 26.3. The van der Waals surface area contributed by atoms with E-state index in [9.17, 15) is 14.0 Å². The number of hydrogen-bond acceptors (Lipinski definition) is 3. The summed E-state index contributed by atoms with van der Waals surface area (Å²) in [7, 11) is 0. The molecule has 0 saturated heterocycles. The van der Waals surface area contributed by atoms with Gasteiger partial charge in [-0.05, 0) is 43.7 Å². The maximum atomic E-state index is 13.4. The summed E-state index contributed by atoms with van der Waals surface area (Å²) < 4.78 is 18.8. The lowest BCUT2D eigenvalue weighted by Gasteiger charge is -2.36. The number of imide groups is 1. The van der Waals surface area contributed by atoms with Gasteiger partial charge in [0.25, 0.3) is 5.91 Å². The fraction of sp³-hybridized carbons (Fsp3) is 0.158. The van der Waals surface area contributed by atoms with E-state index < -0.39 is 23.4 Å². The number of rotatable bonds is 1. The number of ether oxygens (including phenoxy) is 1. The highest BCUT2D eigenvalue weighted by Gasteiger charge is 2.49. The predicted octanol–water partition coefficient (Wildman–Crippen LogP) is 5.41. The summed E-state index contributed by atoms with van der Waals surface area (Å²) in [6, 6.07) is 7.49. The zero-order valence-electron chi connectivity index (χ0n) is 13.8. The van der Waals surface area contributed by atoms with Crippen molar-refractivity contribution in [1.29, 1.82) is 0 Å². The third kappa shape index (κ3) is 2.35. The Kier molecular flexibility index (Phi) is 3.65. The van der Waals surface area contributed by atoms with Crippen molar-refractivity contribution in [2.45, 2.75) is 19.4 Å². The molecule has 0 saturated carbocycles. The molecule has 0 aliphatic carbocycles. The van der Waals surface area contributed by atoms with Gasteiger partial charge in [-0.1, -0.05) is 35.3 Å². The summed E-state index contributed by atoms with van der Waals surface area (Å²) in [5.74, 6) is -1.07. The van der Waals surface area contributed by atoms with E-state index in [1.165, 1.54) is 18.2 Å². The number of amides is 2. The molecule has 0 N–H and O–H groups in total. The van der Waals surface area contributed by atoms with Crippen molar-refractivity contribution >= 4 is 52.5 Å². The summed E-state index contributed by atoms with van der Waals surface area (Å²) in [6.07, 6.45) is 0.812.